The van der Waals surface area contributed by atoms with Gasteiger partial charge in [0.05, 0.1) is 30.8 Å². The van der Waals surface area contributed by atoms with Gasteiger partial charge in [-0.05, 0) is 55.1 Å². The number of methoxy groups -OCH3 is 1. The van der Waals surface area contributed by atoms with Gasteiger partial charge in [0.15, 0.2) is 0 Å². The van der Waals surface area contributed by atoms with Crippen molar-refractivity contribution in [1.82, 2.24) is 14.6 Å². The van der Waals surface area contributed by atoms with E-state index in [0.29, 0.717) is 23.3 Å². The van der Waals surface area contributed by atoms with E-state index in [0.717, 1.165) is 24.4 Å². The predicted octanol–water partition coefficient (Wildman–Crippen LogP) is 3.13. The summed E-state index contributed by atoms with van der Waals surface area (Å²) in [7, 11) is 1.63. The van der Waals surface area contributed by atoms with Crippen LogP contribution in [-0.2, 0) is 6.54 Å². The molecule has 0 saturated heterocycles. The van der Waals surface area contributed by atoms with E-state index < -0.39 is 0 Å². The molecule has 140 valence electrons. The number of fused-ring (bicyclic) bond motifs is 1. The summed E-state index contributed by atoms with van der Waals surface area (Å²) >= 11 is 0. The molecule has 6 heteroatoms. The van der Waals surface area contributed by atoms with Gasteiger partial charge in [-0.2, -0.15) is 9.78 Å². The highest BCUT2D eigenvalue weighted by Gasteiger charge is 2.12. The Morgan fingerprint density at radius 1 is 1.11 bits per heavy atom. The van der Waals surface area contributed by atoms with Crippen molar-refractivity contribution in [3.05, 3.63) is 70.3 Å². The number of hydrogen-bond donors (Lipinski definition) is 0. The smallest absolute Gasteiger partial charge is 0.282 e. The number of hydrogen-bond acceptors (Lipinski definition) is 5. The fraction of sp³-hybridized carbons (Fsp3) is 0.286. The van der Waals surface area contributed by atoms with E-state index in [9.17, 15) is 4.79 Å². The average molecular weight is 364 g/mol. The third-order valence-electron chi connectivity index (χ3n) is 4.52. The van der Waals surface area contributed by atoms with Crippen LogP contribution >= 0.6 is 0 Å². The second-order valence-electron chi connectivity index (χ2n) is 6.14. The fourth-order valence-corrected chi connectivity index (χ4v) is 2.85. The third kappa shape index (κ3) is 4.23. The Kier molecular flexibility index (Phi) is 5.98. The minimum absolute atomic E-state index is 0.160. The topological polar surface area (TPSA) is 59.7 Å². The Morgan fingerprint density at radius 3 is 2.48 bits per heavy atom. The summed E-state index contributed by atoms with van der Waals surface area (Å²) in [5.74, 6) is 1.41. The van der Waals surface area contributed by atoms with E-state index >= 15 is 0 Å². The van der Waals surface area contributed by atoms with E-state index in [2.05, 4.69) is 23.8 Å². The Hall–Kier alpha value is -2.99. The molecule has 0 radical (unpaired) electrons. The van der Waals surface area contributed by atoms with Gasteiger partial charge in [-0.15, -0.1) is 0 Å². The van der Waals surface area contributed by atoms with E-state index in [1.807, 2.05) is 42.5 Å². The lowest BCUT2D eigenvalue weighted by molar-refractivity contribution is 0.283. The third-order valence-corrected chi connectivity index (χ3v) is 4.52. The molecule has 3 rings (SSSR count). The molecule has 0 aliphatic heterocycles. The molecule has 1 aromatic heterocycles. The van der Waals surface area contributed by atoms with Gasteiger partial charge in [0.25, 0.3) is 5.56 Å². The van der Waals surface area contributed by atoms with Gasteiger partial charge in [-0.1, -0.05) is 26.0 Å². The van der Waals surface area contributed by atoms with Crippen LogP contribution in [-0.4, -0.2) is 41.0 Å². The van der Waals surface area contributed by atoms with Crippen molar-refractivity contribution in [3.8, 4) is 5.75 Å². The fourth-order valence-electron chi connectivity index (χ4n) is 2.85. The Bertz CT molecular complexity index is 989. The highest BCUT2D eigenvalue weighted by Crippen LogP contribution is 2.12. The largest absolute Gasteiger partial charge is 0.497 e. The Labute approximate surface area is 158 Å². The molecule has 1 heterocycles. The molecule has 0 bridgehead atoms. The summed E-state index contributed by atoms with van der Waals surface area (Å²) in [4.78, 5) is 19.9. The lowest BCUT2D eigenvalue weighted by atomic mass is 10.2. The maximum absolute atomic E-state index is 13.0. The molecular formula is C21H24N4O2. The lowest BCUT2D eigenvalue weighted by Crippen LogP contribution is -2.29. The molecule has 0 saturated carbocycles. The van der Waals surface area contributed by atoms with Crippen molar-refractivity contribution >= 4 is 17.1 Å². The van der Waals surface area contributed by atoms with E-state index in [4.69, 9.17) is 9.72 Å². The lowest BCUT2D eigenvalue weighted by Gasteiger charge is -2.19. The summed E-state index contributed by atoms with van der Waals surface area (Å²) < 4.78 is 6.58. The van der Waals surface area contributed by atoms with Crippen LogP contribution in [0.1, 0.15) is 25.2 Å². The number of aromatic nitrogens is 2. The molecular weight excluding hydrogens is 340 g/mol. The van der Waals surface area contributed by atoms with Gasteiger partial charge < -0.3 is 4.74 Å². The average Bonchev–Trinajstić information content (AvgIpc) is 2.72. The first-order valence-corrected chi connectivity index (χ1v) is 9.07. The zero-order chi connectivity index (χ0) is 19.2. The minimum atomic E-state index is -0.160. The van der Waals surface area contributed by atoms with Gasteiger partial charge in [-0.25, -0.2) is 4.98 Å². The quantitative estimate of drug-likeness (QED) is 0.605. The first-order chi connectivity index (χ1) is 13.2. The van der Waals surface area contributed by atoms with Crippen molar-refractivity contribution in [1.29, 1.82) is 0 Å². The van der Waals surface area contributed by atoms with Crippen LogP contribution in [0.5, 0.6) is 5.75 Å². The molecule has 0 amide bonds. The maximum Gasteiger partial charge on any atom is 0.282 e. The van der Waals surface area contributed by atoms with Crippen molar-refractivity contribution in [2.24, 2.45) is 5.10 Å². The summed E-state index contributed by atoms with van der Waals surface area (Å²) in [5, 5.41) is 5.02. The van der Waals surface area contributed by atoms with Crippen LogP contribution in [0.2, 0.25) is 0 Å². The standard InChI is InChI=1S/C21H24N4O2/c1-4-24(5-2)15-20-23-19-9-7-6-8-18(19)21(26)25(20)22-14-16-10-12-17(27-3)13-11-16/h6-14H,4-5,15H2,1-3H3. The van der Waals surface area contributed by atoms with Crippen LogP contribution in [0.25, 0.3) is 10.9 Å². The number of ether oxygens (including phenoxy) is 1. The normalized spacial score (nSPS) is 11.6. The SMILES string of the molecule is CCN(CC)Cc1nc2ccccc2c(=O)n1N=Cc1ccc(OC)cc1. The van der Waals surface area contributed by atoms with Crippen molar-refractivity contribution in [2.45, 2.75) is 20.4 Å². The van der Waals surface area contributed by atoms with E-state index in [1.54, 1.807) is 19.4 Å². The summed E-state index contributed by atoms with van der Waals surface area (Å²) in [5.41, 5.74) is 1.41. The molecule has 3 aromatic rings. The molecule has 0 aliphatic rings. The minimum Gasteiger partial charge on any atom is -0.497 e. The van der Waals surface area contributed by atoms with Crippen LogP contribution < -0.4 is 10.3 Å². The van der Waals surface area contributed by atoms with Crippen molar-refractivity contribution < 1.29 is 4.74 Å². The molecule has 0 N–H and O–H groups in total. The molecule has 0 unspecified atom stereocenters. The molecule has 27 heavy (non-hydrogen) atoms. The summed E-state index contributed by atoms with van der Waals surface area (Å²) in [6, 6.07) is 14.9. The first kappa shape index (κ1) is 18.8. The van der Waals surface area contributed by atoms with Crippen LogP contribution in [0.3, 0.4) is 0 Å². The van der Waals surface area contributed by atoms with Crippen molar-refractivity contribution in [3.63, 3.8) is 0 Å². The van der Waals surface area contributed by atoms with Gasteiger partial charge in [0.1, 0.15) is 11.6 Å². The van der Waals surface area contributed by atoms with Crippen LogP contribution in [0.4, 0.5) is 0 Å². The summed E-state index contributed by atoms with van der Waals surface area (Å²) in [6.07, 6.45) is 1.67. The predicted molar refractivity (Wildman–Crippen MR) is 109 cm³/mol. The number of rotatable bonds is 7. The number of nitrogens with zero attached hydrogens (tertiary/aromatic N) is 4. The number of benzene rings is 2. The van der Waals surface area contributed by atoms with Gasteiger partial charge in [-0.3, -0.25) is 9.69 Å². The van der Waals surface area contributed by atoms with E-state index in [1.165, 1.54) is 4.68 Å². The Morgan fingerprint density at radius 2 is 1.81 bits per heavy atom. The van der Waals surface area contributed by atoms with Gasteiger partial charge >= 0.3 is 0 Å². The Balaban J connectivity index is 2.06. The molecule has 6 nitrogen and oxygen atoms in total. The van der Waals surface area contributed by atoms with Crippen LogP contribution in [0, 0.1) is 0 Å². The second kappa shape index (κ2) is 8.60. The zero-order valence-corrected chi connectivity index (χ0v) is 15.9. The molecule has 2 aromatic carbocycles. The first-order valence-electron chi connectivity index (χ1n) is 9.07. The highest BCUT2D eigenvalue weighted by atomic mass is 16.5. The molecule has 0 aliphatic carbocycles. The second-order valence-corrected chi connectivity index (χ2v) is 6.14. The zero-order valence-electron chi connectivity index (χ0n) is 15.9. The van der Waals surface area contributed by atoms with Crippen LogP contribution in [0.15, 0.2) is 58.4 Å². The van der Waals surface area contributed by atoms with Gasteiger partial charge in [0.2, 0.25) is 0 Å². The number of para-hydroxylation sites is 1. The monoisotopic (exact) mass is 364 g/mol. The maximum atomic E-state index is 13.0. The summed E-state index contributed by atoms with van der Waals surface area (Å²) in [6.45, 7) is 6.50. The molecule has 0 atom stereocenters. The molecule has 0 fully saturated rings. The molecule has 0 spiro atoms. The van der Waals surface area contributed by atoms with Crippen molar-refractivity contribution in [2.75, 3.05) is 20.2 Å². The van der Waals surface area contributed by atoms with E-state index in [-0.39, 0.29) is 5.56 Å². The van der Waals surface area contributed by atoms with Gasteiger partial charge in [0, 0.05) is 0 Å². The highest BCUT2D eigenvalue weighted by molar-refractivity contribution is 5.80.